The molecule has 3 N–H and O–H groups in total. The minimum atomic E-state index is -0.306. The molecule has 0 heterocycles. The molecule has 0 fully saturated rings. The molecule has 2 amide bonds. The van der Waals surface area contributed by atoms with Crippen LogP contribution in [0.5, 0.6) is 0 Å². The van der Waals surface area contributed by atoms with Crippen molar-refractivity contribution in [2.45, 2.75) is 26.2 Å². The maximum atomic E-state index is 12.3. The normalized spacial score (nSPS) is 10.1. The fraction of sp³-hybridized carbons (Fsp3) is 0.211. The summed E-state index contributed by atoms with van der Waals surface area (Å²) in [6.07, 6.45) is 2.32. The predicted molar refractivity (Wildman–Crippen MR) is 112 cm³/mol. The minimum absolute atomic E-state index is 0.0196. The van der Waals surface area contributed by atoms with Crippen molar-refractivity contribution in [3.63, 3.8) is 0 Å². The number of carbonyl (C=O) groups is 2. The number of thiocarbonyl (C=S) groups is 1. The van der Waals surface area contributed by atoms with Crippen molar-refractivity contribution in [3.05, 3.63) is 58.6 Å². The van der Waals surface area contributed by atoms with Crippen molar-refractivity contribution in [1.29, 1.82) is 0 Å². The molecule has 0 aromatic heterocycles. The Kier molecular flexibility index (Phi) is 7.74. The molecule has 2 aromatic rings. The van der Waals surface area contributed by atoms with Crippen LogP contribution in [-0.4, -0.2) is 16.9 Å². The Morgan fingerprint density at radius 2 is 1.73 bits per heavy atom. The predicted octanol–water partition coefficient (Wildman–Crippen LogP) is 4.70. The van der Waals surface area contributed by atoms with Crippen molar-refractivity contribution in [2.24, 2.45) is 0 Å². The number of amides is 2. The van der Waals surface area contributed by atoms with Crippen LogP contribution in [0.2, 0.25) is 0 Å². The van der Waals surface area contributed by atoms with Gasteiger partial charge in [-0.15, -0.1) is 0 Å². The van der Waals surface area contributed by atoms with E-state index < -0.39 is 0 Å². The Bertz CT molecular complexity index is 811. The largest absolute Gasteiger partial charge is 0.332 e. The fourth-order valence-corrected chi connectivity index (χ4v) is 2.89. The fourth-order valence-electron chi connectivity index (χ4n) is 2.21. The Hall–Kier alpha value is -2.25. The van der Waals surface area contributed by atoms with Crippen molar-refractivity contribution >= 4 is 56.4 Å². The molecular weight excluding hydrogens is 414 g/mol. The molecule has 26 heavy (non-hydrogen) atoms. The highest BCUT2D eigenvalue weighted by Crippen LogP contribution is 2.17. The van der Waals surface area contributed by atoms with Crippen LogP contribution in [0.1, 0.15) is 36.5 Å². The molecule has 2 rings (SSSR count). The molecule has 0 saturated carbocycles. The number of rotatable bonds is 6. The summed E-state index contributed by atoms with van der Waals surface area (Å²) in [7, 11) is 0. The lowest BCUT2D eigenvalue weighted by molar-refractivity contribution is -0.116. The molecule has 136 valence electrons. The van der Waals surface area contributed by atoms with E-state index >= 15 is 0 Å². The highest BCUT2D eigenvalue weighted by atomic mass is 79.9. The van der Waals surface area contributed by atoms with Crippen LogP contribution in [0, 0.1) is 0 Å². The third-order valence-corrected chi connectivity index (χ3v) is 4.40. The summed E-state index contributed by atoms with van der Waals surface area (Å²) in [6.45, 7) is 2.04. The summed E-state index contributed by atoms with van der Waals surface area (Å²) in [5.41, 5.74) is 1.85. The van der Waals surface area contributed by atoms with Gasteiger partial charge in [0.05, 0.1) is 5.56 Å². The van der Waals surface area contributed by atoms with E-state index in [4.69, 9.17) is 12.2 Å². The molecule has 0 saturated heterocycles. The lowest BCUT2D eigenvalue weighted by Gasteiger charge is -2.12. The maximum Gasteiger partial charge on any atom is 0.258 e. The van der Waals surface area contributed by atoms with E-state index in [-0.39, 0.29) is 16.9 Å². The number of unbranched alkanes of at least 4 members (excludes halogenated alkanes) is 1. The molecular formula is C19H20BrN3O2S. The third-order valence-electron chi connectivity index (χ3n) is 3.51. The highest BCUT2D eigenvalue weighted by Gasteiger charge is 2.11. The van der Waals surface area contributed by atoms with Gasteiger partial charge in [-0.3, -0.25) is 14.9 Å². The zero-order valence-corrected chi connectivity index (χ0v) is 16.7. The Morgan fingerprint density at radius 1 is 1.04 bits per heavy atom. The van der Waals surface area contributed by atoms with Crippen LogP contribution in [-0.2, 0) is 4.79 Å². The standard InChI is InChI=1S/C19H20BrN3O2S/c1-2-3-11-17(24)21-13-7-6-8-14(12-13)22-19(26)23-18(25)15-9-4-5-10-16(15)20/h4-10,12H,2-3,11H2,1H3,(H,21,24)(H2,22,23,25,26). The van der Waals surface area contributed by atoms with Gasteiger partial charge in [-0.2, -0.15) is 0 Å². The van der Waals surface area contributed by atoms with E-state index in [0.717, 1.165) is 12.8 Å². The van der Waals surface area contributed by atoms with E-state index in [9.17, 15) is 9.59 Å². The average molecular weight is 434 g/mol. The molecule has 0 spiro atoms. The first-order chi connectivity index (χ1) is 12.5. The summed E-state index contributed by atoms with van der Waals surface area (Å²) >= 11 is 8.54. The molecule has 0 bridgehead atoms. The van der Waals surface area contributed by atoms with Gasteiger partial charge in [-0.25, -0.2) is 0 Å². The number of carbonyl (C=O) groups excluding carboxylic acids is 2. The van der Waals surface area contributed by atoms with Crippen molar-refractivity contribution in [2.75, 3.05) is 10.6 Å². The van der Waals surface area contributed by atoms with Gasteiger partial charge in [0.2, 0.25) is 5.91 Å². The number of hydrogen-bond acceptors (Lipinski definition) is 3. The molecule has 0 aliphatic heterocycles. The van der Waals surface area contributed by atoms with E-state index in [0.29, 0.717) is 27.8 Å². The summed E-state index contributed by atoms with van der Waals surface area (Å²) in [5, 5.41) is 8.62. The number of nitrogens with one attached hydrogen (secondary N) is 3. The second kappa shape index (κ2) is 10.0. The molecule has 5 nitrogen and oxygen atoms in total. The highest BCUT2D eigenvalue weighted by molar-refractivity contribution is 9.10. The van der Waals surface area contributed by atoms with Gasteiger partial charge in [-0.1, -0.05) is 31.5 Å². The number of hydrogen-bond donors (Lipinski definition) is 3. The average Bonchev–Trinajstić information content (AvgIpc) is 2.60. The summed E-state index contributed by atoms with van der Waals surface area (Å²) in [4.78, 5) is 24.1. The second-order valence-corrected chi connectivity index (χ2v) is 6.88. The zero-order valence-electron chi connectivity index (χ0n) is 14.3. The van der Waals surface area contributed by atoms with Gasteiger partial charge in [0, 0.05) is 22.3 Å². The van der Waals surface area contributed by atoms with Crippen molar-refractivity contribution in [3.8, 4) is 0 Å². The van der Waals surface area contributed by atoms with Gasteiger partial charge in [-0.05, 0) is 64.9 Å². The van der Waals surface area contributed by atoms with E-state index in [1.165, 1.54) is 0 Å². The van der Waals surface area contributed by atoms with Crippen LogP contribution < -0.4 is 16.0 Å². The lowest BCUT2D eigenvalue weighted by Crippen LogP contribution is -2.34. The molecule has 0 atom stereocenters. The number of anilines is 2. The van der Waals surface area contributed by atoms with Crippen LogP contribution in [0.15, 0.2) is 53.0 Å². The van der Waals surface area contributed by atoms with Gasteiger partial charge in [0.1, 0.15) is 0 Å². The summed E-state index contributed by atoms with van der Waals surface area (Å²) in [6, 6.07) is 14.3. The third kappa shape index (κ3) is 6.24. The van der Waals surface area contributed by atoms with E-state index in [1.54, 1.807) is 42.5 Å². The SMILES string of the molecule is CCCCC(=O)Nc1cccc(NC(=S)NC(=O)c2ccccc2Br)c1. The van der Waals surface area contributed by atoms with E-state index in [2.05, 4.69) is 31.9 Å². The Morgan fingerprint density at radius 3 is 2.42 bits per heavy atom. The topological polar surface area (TPSA) is 70.2 Å². The van der Waals surface area contributed by atoms with Gasteiger partial charge in [0.25, 0.3) is 5.91 Å². The van der Waals surface area contributed by atoms with Crippen LogP contribution in [0.4, 0.5) is 11.4 Å². The quantitative estimate of drug-likeness (QED) is 0.577. The van der Waals surface area contributed by atoms with Crippen LogP contribution in [0.3, 0.4) is 0 Å². The molecule has 0 aliphatic carbocycles. The van der Waals surface area contributed by atoms with Gasteiger partial charge >= 0.3 is 0 Å². The van der Waals surface area contributed by atoms with Gasteiger partial charge in [0.15, 0.2) is 5.11 Å². The zero-order chi connectivity index (χ0) is 18.9. The second-order valence-electron chi connectivity index (χ2n) is 5.62. The molecule has 0 radical (unpaired) electrons. The van der Waals surface area contributed by atoms with Crippen molar-refractivity contribution < 1.29 is 9.59 Å². The first-order valence-electron chi connectivity index (χ1n) is 8.26. The molecule has 0 unspecified atom stereocenters. The first kappa shape index (κ1) is 20.1. The van der Waals surface area contributed by atoms with E-state index in [1.807, 2.05) is 13.0 Å². The van der Waals surface area contributed by atoms with Gasteiger partial charge < -0.3 is 10.6 Å². The van der Waals surface area contributed by atoms with Crippen molar-refractivity contribution in [1.82, 2.24) is 5.32 Å². The Balaban J connectivity index is 1.94. The first-order valence-corrected chi connectivity index (χ1v) is 9.46. The van der Waals surface area contributed by atoms with Crippen LogP contribution >= 0.6 is 28.1 Å². The molecule has 0 aliphatic rings. The molecule has 2 aromatic carbocycles. The number of benzene rings is 2. The maximum absolute atomic E-state index is 12.3. The Labute approximate surface area is 166 Å². The monoisotopic (exact) mass is 433 g/mol. The lowest BCUT2D eigenvalue weighted by atomic mass is 10.2. The molecule has 7 heteroatoms. The summed E-state index contributed by atoms with van der Waals surface area (Å²) in [5.74, 6) is -0.326. The summed E-state index contributed by atoms with van der Waals surface area (Å²) < 4.78 is 0.692. The minimum Gasteiger partial charge on any atom is -0.332 e. The number of halogens is 1. The van der Waals surface area contributed by atoms with Crippen LogP contribution in [0.25, 0.3) is 0 Å². The smallest absolute Gasteiger partial charge is 0.258 e.